The standard InChI is InChI=1S/C9H10N4/c10-5-1-2-7-3-4-8-9(6-7)12-13-11-8/h1-4,6H,5,10H2,(H,11,12,13). The minimum Gasteiger partial charge on any atom is -0.327 e. The van der Waals surface area contributed by atoms with Gasteiger partial charge in [0.1, 0.15) is 11.0 Å². The van der Waals surface area contributed by atoms with Crippen molar-refractivity contribution in [3.05, 3.63) is 29.8 Å². The number of fused-ring (bicyclic) bond motifs is 1. The molecule has 66 valence electrons. The number of aromatic nitrogens is 3. The van der Waals surface area contributed by atoms with Crippen molar-refractivity contribution in [3.63, 3.8) is 0 Å². The predicted molar refractivity (Wildman–Crippen MR) is 52.0 cm³/mol. The lowest BCUT2D eigenvalue weighted by Gasteiger charge is -1.91. The van der Waals surface area contributed by atoms with E-state index in [4.69, 9.17) is 5.73 Å². The Kier molecular flexibility index (Phi) is 2.06. The fraction of sp³-hybridized carbons (Fsp3) is 0.111. The van der Waals surface area contributed by atoms with Gasteiger partial charge in [0.2, 0.25) is 0 Å². The summed E-state index contributed by atoms with van der Waals surface area (Å²) < 4.78 is 0. The third-order valence-corrected chi connectivity index (χ3v) is 1.79. The van der Waals surface area contributed by atoms with Crippen LogP contribution in [0.5, 0.6) is 0 Å². The SMILES string of the molecule is NCC=Cc1ccc2n[nH]nc2c1. The zero-order valence-corrected chi connectivity index (χ0v) is 7.07. The highest BCUT2D eigenvalue weighted by molar-refractivity contribution is 5.76. The first-order chi connectivity index (χ1) is 6.40. The molecule has 13 heavy (non-hydrogen) atoms. The van der Waals surface area contributed by atoms with Gasteiger partial charge in [-0.05, 0) is 17.7 Å². The van der Waals surface area contributed by atoms with Gasteiger partial charge in [0.25, 0.3) is 0 Å². The van der Waals surface area contributed by atoms with Crippen LogP contribution in [0, 0.1) is 0 Å². The number of hydrogen-bond acceptors (Lipinski definition) is 3. The fourth-order valence-corrected chi connectivity index (χ4v) is 1.17. The van der Waals surface area contributed by atoms with Crippen LogP contribution < -0.4 is 5.73 Å². The van der Waals surface area contributed by atoms with Gasteiger partial charge in [-0.15, -0.1) is 0 Å². The van der Waals surface area contributed by atoms with E-state index in [0.29, 0.717) is 6.54 Å². The highest BCUT2D eigenvalue weighted by Gasteiger charge is 1.96. The summed E-state index contributed by atoms with van der Waals surface area (Å²) in [4.78, 5) is 0. The third kappa shape index (κ3) is 1.57. The van der Waals surface area contributed by atoms with E-state index in [1.165, 1.54) is 0 Å². The van der Waals surface area contributed by atoms with Gasteiger partial charge in [-0.3, -0.25) is 0 Å². The van der Waals surface area contributed by atoms with E-state index in [1.54, 1.807) is 0 Å². The molecule has 0 aliphatic rings. The van der Waals surface area contributed by atoms with Crippen LogP contribution in [0.25, 0.3) is 17.1 Å². The summed E-state index contributed by atoms with van der Waals surface area (Å²) in [7, 11) is 0. The van der Waals surface area contributed by atoms with Crippen LogP contribution in [0.2, 0.25) is 0 Å². The van der Waals surface area contributed by atoms with Crippen molar-refractivity contribution in [1.29, 1.82) is 0 Å². The Bertz CT molecular complexity index is 430. The molecule has 4 nitrogen and oxygen atoms in total. The van der Waals surface area contributed by atoms with Crippen molar-refractivity contribution in [3.8, 4) is 0 Å². The lowest BCUT2D eigenvalue weighted by molar-refractivity contribution is 0.959. The van der Waals surface area contributed by atoms with Crippen LogP contribution in [0.1, 0.15) is 5.56 Å². The Morgan fingerprint density at radius 1 is 1.31 bits per heavy atom. The number of nitrogens with zero attached hydrogens (tertiary/aromatic N) is 2. The number of nitrogens with one attached hydrogen (secondary N) is 1. The van der Waals surface area contributed by atoms with Crippen LogP contribution in [0.15, 0.2) is 24.3 Å². The second kappa shape index (κ2) is 3.37. The Morgan fingerprint density at radius 2 is 2.15 bits per heavy atom. The molecule has 4 heteroatoms. The molecule has 1 heterocycles. The Balaban J connectivity index is 2.42. The molecule has 1 aromatic heterocycles. The molecule has 0 spiro atoms. The summed E-state index contributed by atoms with van der Waals surface area (Å²) in [6, 6.07) is 5.87. The highest BCUT2D eigenvalue weighted by Crippen LogP contribution is 2.11. The van der Waals surface area contributed by atoms with Crippen molar-refractivity contribution in [2.45, 2.75) is 0 Å². The number of aromatic amines is 1. The van der Waals surface area contributed by atoms with Gasteiger partial charge in [0.05, 0.1) is 0 Å². The highest BCUT2D eigenvalue weighted by atomic mass is 15.3. The first-order valence-electron chi connectivity index (χ1n) is 4.07. The number of nitrogens with two attached hydrogens (primary N) is 1. The average Bonchev–Trinajstić information content (AvgIpc) is 2.61. The largest absolute Gasteiger partial charge is 0.327 e. The van der Waals surface area contributed by atoms with E-state index in [0.717, 1.165) is 16.6 Å². The van der Waals surface area contributed by atoms with Crippen LogP contribution in [-0.4, -0.2) is 22.0 Å². The van der Waals surface area contributed by atoms with Gasteiger partial charge >= 0.3 is 0 Å². The summed E-state index contributed by atoms with van der Waals surface area (Å²) in [5.74, 6) is 0. The summed E-state index contributed by atoms with van der Waals surface area (Å²) in [5.41, 5.74) is 8.19. The van der Waals surface area contributed by atoms with Gasteiger partial charge in [-0.1, -0.05) is 18.2 Å². The molecular weight excluding hydrogens is 164 g/mol. The van der Waals surface area contributed by atoms with E-state index >= 15 is 0 Å². The molecule has 1 aromatic carbocycles. The van der Waals surface area contributed by atoms with E-state index in [2.05, 4.69) is 15.4 Å². The molecule has 0 radical (unpaired) electrons. The molecule has 0 fully saturated rings. The molecule has 0 saturated carbocycles. The molecule has 0 bridgehead atoms. The summed E-state index contributed by atoms with van der Waals surface area (Å²) >= 11 is 0. The lowest BCUT2D eigenvalue weighted by Crippen LogP contribution is -1.91. The molecule has 0 amide bonds. The molecule has 2 aromatic rings. The number of hydrogen-bond donors (Lipinski definition) is 2. The van der Waals surface area contributed by atoms with Crippen LogP contribution in [0.3, 0.4) is 0 Å². The maximum absolute atomic E-state index is 5.35. The second-order valence-corrected chi connectivity index (χ2v) is 2.71. The zero-order valence-electron chi connectivity index (χ0n) is 7.07. The smallest absolute Gasteiger partial charge is 0.113 e. The molecule has 0 aliphatic heterocycles. The lowest BCUT2D eigenvalue weighted by atomic mass is 10.2. The first-order valence-corrected chi connectivity index (χ1v) is 4.07. The topological polar surface area (TPSA) is 67.6 Å². The van der Waals surface area contributed by atoms with Crippen molar-refractivity contribution in [2.75, 3.05) is 6.54 Å². The second-order valence-electron chi connectivity index (χ2n) is 2.71. The van der Waals surface area contributed by atoms with Crippen molar-refractivity contribution >= 4 is 17.1 Å². The third-order valence-electron chi connectivity index (χ3n) is 1.79. The summed E-state index contributed by atoms with van der Waals surface area (Å²) in [6.07, 6.45) is 3.87. The molecule has 0 aliphatic carbocycles. The summed E-state index contributed by atoms with van der Waals surface area (Å²) in [5, 5.41) is 10.5. The molecular formula is C9H10N4. The monoisotopic (exact) mass is 174 g/mol. The summed E-state index contributed by atoms with van der Waals surface area (Å²) in [6.45, 7) is 0.552. The van der Waals surface area contributed by atoms with Crippen LogP contribution in [0.4, 0.5) is 0 Å². The van der Waals surface area contributed by atoms with E-state index in [9.17, 15) is 0 Å². The van der Waals surface area contributed by atoms with E-state index in [-0.39, 0.29) is 0 Å². The molecule has 0 unspecified atom stereocenters. The minimum absolute atomic E-state index is 0.552. The Hall–Kier alpha value is -1.68. The fourth-order valence-electron chi connectivity index (χ4n) is 1.17. The van der Waals surface area contributed by atoms with Gasteiger partial charge in [-0.25, -0.2) is 0 Å². The van der Waals surface area contributed by atoms with Gasteiger partial charge in [-0.2, -0.15) is 15.4 Å². The first kappa shape index (κ1) is 7.94. The molecule has 2 rings (SSSR count). The van der Waals surface area contributed by atoms with Gasteiger partial charge < -0.3 is 5.73 Å². The normalized spacial score (nSPS) is 11.5. The molecule has 3 N–H and O–H groups in total. The predicted octanol–water partition coefficient (Wildman–Crippen LogP) is 0.930. The number of benzene rings is 1. The van der Waals surface area contributed by atoms with Gasteiger partial charge in [0, 0.05) is 6.54 Å². The zero-order chi connectivity index (χ0) is 9.10. The minimum atomic E-state index is 0.552. The molecule has 0 saturated heterocycles. The Labute approximate surface area is 75.4 Å². The number of rotatable bonds is 2. The number of H-pyrrole nitrogens is 1. The van der Waals surface area contributed by atoms with Crippen molar-refractivity contribution in [2.24, 2.45) is 5.73 Å². The molecule has 0 atom stereocenters. The van der Waals surface area contributed by atoms with E-state index < -0.39 is 0 Å². The quantitative estimate of drug-likeness (QED) is 0.711. The van der Waals surface area contributed by atoms with Crippen LogP contribution in [-0.2, 0) is 0 Å². The average molecular weight is 174 g/mol. The van der Waals surface area contributed by atoms with Crippen LogP contribution >= 0.6 is 0 Å². The maximum Gasteiger partial charge on any atom is 0.113 e. The van der Waals surface area contributed by atoms with E-state index in [1.807, 2.05) is 30.4 Å². The Morgan fingerprint density at radius 3 is 3.00 bits per heavy atom. The van der Waals surface area contributed by atoms with Crippen molar-refractivity contribution in [1.82, 2.24) is 15.4 Å². The maximum atomic E-state index is 5.35. The van der Waals surface area contributed by atoms with Gasteiger partial charge in [0.15, 0.2) is 0 Å². The van der Waals surface area contributed by atoms with Crippen molar-refractivity contribution < 1.29 is 0 Å².